The average molecular weight is 378 g/mol. The van der Waals surface area contributed by atoms with Crippen molar-refractivity contribution in [1.29, 1.82) is 0 Å². The molecule has 132 valence electrons. The van der Waals surface area contributed by atoms with E-state index in [0.29, 0.717) is 21.7 Å². The van der Waals surface area contributed by atoms with Crippen molar-refractivity contribution in [2.75, 3.05) is 0 Å². The van der Waals surface area contributed by atoms with Crippen LogP contribution in [0.3, 0.4) is 0 Å². The molecule has 0 saturated carbocycles. The highest BCUT2D eigenvalue weighted by Crippen LogP contribution is 2.28. The highest BCUT2D eigenvalue weighted by atomic mass is 35.5. The van der Waals surface area contributed by atoms with E-state index in [0.717, 1.165) is 6.20 Å². The second-order valence-electron chi connectivity index (χ2n) is 5.50. The summed E-state index contributed by atoms with van der Waals surface area (Å²) in [5.74, 6) is -2.20. The zero-order valence-electron chi connectivity index (χ0n) is 13.1. The van der Waals surface area contributed by atoms with Gasteiger partial charge in [0.2, 0.25) is 0 Å². The maximum absolute atomic E-state index is 12.7. The monoisotopic (exact) mass is 377 g/mol. The van der Waals surface area contributed by atoms with Gasteiger partial charge in [-0.3, -0.25) is 9.59 Å². The summed E-state index contributed by atoms with van der Waals surface area (Å²) in [6.45, 7) is 0. The lowest BCUT2D eigenvalue weighted by Crippen LogP contribution is -2.22. The molecule has 3 rings (SSSR count). The molecule has 0 amide bonds. The first kappa shape index (κ1) is 17.9. The summed E-state index contributed by atoms with van der Waals surface area (Å²) in [4.78, 5) is 26.4. The smallest absolute Gasteiger partial charge is 0.360 e. The molecule has 0 bridgehead atoms. The lowest BCUT2D eigenvalue weighted by molar-refractivity contribution is -0.0884. The SMILES string of the molecule is O=C(/C=C/c1cccc2c(C(=O)C(F)(F)F)c[nH]c12)c1ccc(Cl)cc1. The van der Waals surface area contributed by atoms with Crippen LogP contribution in [0.1, 0.15) is 26.3 Å². The molecular formula is C19H11ClF3NO2. The number of ketones is 2. The number of hydrogen-bond acceptors (Lipinski definition) is 2. The topological polar surface area (TPSA) is 49.9 Å². The molecule has 0 aliphatic carbocycles. The number of hydrogen-bond donors (Lipinski definition) is 1. The van der Waals surface area contributed by atoms with E-state index in [-0.39, 0.29) is 11.2 Å². The number of nitrogens with one attached hydrogen (secondary N) is 1. The first-order valence-electron chi connectivity index (χ1n) is 7.47. The van der Waals surface area contributed by atoms with Gasteiger partial charge in [0.1, 0.15) is 0 Å². The molecule has 0 atom stereocenters. The van der Waals surface area contributed by atoms with Crippen LogP contribution in [-0.2, 0) is 0 Å². The van der Waals surface area contributed by atoms with E-state index in [1.165, 1.54) is 24.3 Å². The Morgan fingerprint density at radius 3 is 2.38 bits per heavy atom. The van der Waals surface area contributed by atoms with Crippen molar-refractivity contribution in [2.45, 2.75) is 6.18 Å². The number of para-hydroxylation sites is 1. The predicted molar refractivity (Wildman–Crippen MR) is 93.5 cm³/mol. The molecule has 1 N–H and O–H groups in total. The molecule has 1 heterocycles. The molecule has 3 aromatic rings. The molecule has 0 saturated heterocycles. The Bertz CT molecular complexity index is 1020. The predicted octanol–water partition coefficient (Wildman–Crippen LogP) is 5.46. The number of aromatic amines is 1. The van der Waals surface area contributed by atoms with Crippen molar-refractivity contribution in [2.24, 2.45) is 0 Å². The van der Waals surface area contributed by atoms with E-state index >= 15 is 0 Å². The molecule has 0 spiro atoms. The van der Waals surface area contributed by atoms with E-state index in [2.05, 4.69) is 4.98 Å². The minimum atomic E-state index is -4.95. The van der Waals surface area contributed by atoms with E-state index in [1.807, 2.05) is 0 Å². The Morgan fingerprint density at radius 2 is 1.73 bits per heavy atom. The van der Waals surface area contributed by atoms with Crippen molar-refractivity contribution in [3.8, 4) is 0 Å². The first-order chi connectivity index (χ1) is 12.3. The van der Waals surface area contributed by atoms with Crippen LogP contribution < -0.4 is 0 Å². The van der Waals surface area contributed by atoms with Gasteiger partial charge in [-0.2, -0.15) is 13.2 Å². The summed E-state index contributed by atoms with van der Waals surface area (Å²) < 4.78 is 38.0. The molecule has 2 aromatic carbocycles. The molecule has 0 fully saturated rings. The second-order valence-corrected chi connectivity index (χ2v) is 5.94. The lowest BCUT2D eigenvalue weighted by Gasteiger charge is -2.04. The Balaban J connectivity index is 1.94. The van der Waals surface area contributed by atoms with Crippen LogP contribution in [0.5, 0.6) is 0 Å². The van der Waals surface area contributed by atoms with E-state index in [9.17, 15) is 22.8 Å². The molecule has 7 heteroatoms. The highest BCUT2D eigenvalue weighted by molar-refractivity contribution is 6.30. The first-order valence-corrected chi connectivity index (χ1v) is 7.85. The fourth-order valence-electron chi connectivity index (χ4n) is 2.53. The number of rotatable bonds is 4. The van der Waals surface area contributed by atoms with E-state index < -0.39 is 17.5 Å². The molecule has 26 heavy (non-hydrogen) atoms. The van der Waals surface area contributed by atoms with Crippen LogP contribution in [0.15, 0.2) is 54.7 Å². The summed E-state index contributed by atoms with van der Waals surface area (Å²) in [6, 6.07) is 10.9. The molecule has 3 nitrogen and oxygen atoms in total. The van der Waals surface area contributed by atoms with Gasteiger partial charge in [0.25, 0.3) is 5.78 Å². The quantitative estimate of drug-likeness (QED) is 0.484. The Hall–Kier alpha value is -2.86. The van der Waals surface area contributed by atoms with Gasteiger partial charge in [-0.15, -0.1) is 0 Å². The summed E-state index contributed by atoms with van der Waals surface area (Å²) >= 11 is 5.77. The maximum Gasteiger partial charge on any atom is 0.454 e. The van der Waals surface area contributed by atoms with Crippen LogP contribution >= 0.6 is 11.6 Å². The van der Waals surface area contributed by atoms with Crippen LogP contribution in [0.25, 0.3) is 17.0 Å². The highest BCUT2D eigenvalue weighted by Gasteiger charge is 2.40. The van der Waals surface area contributed by atoms with Gasteiger partial charge in [-0.1, -0.05) is 29.8 Å². The van der Waals surface area contributed by atoms with Gasteiger partial charge in [0, 0.05) is 22.2 Å². The Morgan fingerprint density at radius 1 is 1.04 bits per heavy atom. The number of Topliss-reactive ketones (excluding diaryl/α,β-unsaturated/α-hetero) is 1. The van der Waals surface area contributed by atoms with Gasteiger partial charge >= 0.3 is 6.18 Å². The Labute approximate surface area is 151 Å². The summed E-state index contributed by atoms with van der Waals surface area (Å²) in [7, 11) is 0. The normalized spacial score (nSPS) is 12.0. The van der Waals surface area contributed by atoms with Gasteiger partial charge in [0.05, 0.1) is 11.1 Å². The minimum absolute atomic E-state index is 0.147. The Kier molecular flexibility index (Phi) is 4.70. The van der Waals surface area contributed by atoms with Crippen LogP contribution in [0.4, 0.5) is 13.2 Å². The summed E-state index contributed by atoms with van der Waals surface area (Å²) in [5.41, 5.74) is 0.815. The number of alkyl halides is 3. The molecule has 0 unspecified atom stereocenters. The van der Waals surface area contributed by atoms with Crippen molar-refractivity contribution >= 4 is 40.1 Å². The number of H-pyrrole nitrogens is 1. The minimum Gasteiger partial charge on any atom is -0.360 e. The molecular weight excluding hydrogens is 367 g/mol. The van der Waals surface area contributed by atoms with Crippen LogP contribution in [0, 0.1) is 0 Å². The number of allylic oxidation sites excluding steroid dienone is 1. The average Bonchev–Trinajstić information content (AvgIpc) is 3.03. The zero-order chi connectivity index (χ0) is 18.9. The third-order valence-corrected chi connectivity index (χ3v) is 4.04. The number of carbonyl (C=O) groups excluding carboxylic acids is 2. The van der Waals surface area contributed by atoms with Crippen molar-refractivity contribution < 1.29 is 22.8 Å². The number of carbonyl (C=O) groups is 2. The van der Waals surface area contributed by atoms with Gasteiger partial charge in [-0.25, -0.2) is 0 Å². The van der Waals surface area contributed by atoms with Crippen molar-refractivity contribution in [3.05, 3.63) is 76.5 Å². The summed E-state index contributed by atoms with van der Waals surface area (Å²) in [6.07, 6.45) is -1.13. The van der Waals surface area contributed by atoms with Crippen molar-refractivity contribution in [1.82, 2.24) is 4.98 Å². The standard InChI is InChI=1S/C19H11ClF3NO2/c20-13-7-4-11(5-8-13)16(25)9-6-12-2-1-3-14-15(10-24-17(12)14)18(26)19(21,22)23/h1-10,24H/b9-6+. The molecule has 0 radical (unpaired) electrons. The molecule has 1 aromatic heterocycles. The number of halogens is 4. The van der Waals surface area contributed by atoms with E-state index in [1.54, 1.807) is 30.3 Å². The van der Waals surface area contributed by atoms with Crippen molar-refractivity contribution in [3.63, 3.8) is 0 Å². The van der Waals surface area contributed by atoms with Gasteiger partial charge < -0.3 is 4.98 Å². The summed E-state index contributed by atoms with van der Waals surface area (Å²) in [5, 5.41) is 0.650. The van der Waals surface area contributed by atoms with Crippen LogP contribution in [-0.4, -0.2) is 22.7 Å². The maximum atomic E-state index is 12.7. The molecule has 0 aliphatic heterocycles. The number of benzene rings is 2. The largest absolute Gasteiger partial charge is 0.454 e. The van der Waals surface area contributed by atoms with Gasteiger partial charge in [-0.05, 0) is 42.0 Å². The van der Waals surface area contributed by atoms with Gasteiger partial charge in [0.15, 0.2) is 5.78 Å². The zero-order valence-corrected chi connectivity index (χ0v) is 13.9. The van der Waals surface area contributed by atoms with E-state index in [4.69, 9.17) is 11.6 Å². The lowest BCUT2D eigenvalue weighted by atomic mass is 10.0. The second kappa shape index (κ2) is 6.80. The fourth-order valence-corrected chi connectivity index (χ4v) is 2.66. The molecule has 0 aliphatic rings. The number of fused-ring (bicyclic) bond motifs is 1. The number of aromatic nitrogens is 1. The third kappa shape index (κ3) is 3.55. The third-order valence-electron chi connectivity index (χ3n) is 3.79. The van der Waals surface area contributed by atoms with Crippen LogP contribution in [0.2, 0.25) is 5.02 Å². The fraction of sp³-hybridized carbons (Fsp3) is 0.0526.